The van der Waals surface area contributed by atoms with Crippen molar-refractivity contribution in [3.8, 4) is 0 Å². The third-order valence-electron chi connectivity index (χ3n) is 1.86. The Morgan fingerprint density at radius 3 is 2.50 bits per heavy atom. The second-order valence-electron chi connectivity index (χ2n) is 3.70. The highest BCUT2D eigenvalue weighted by Crippen LogP contribution is 2.14. The minimum Gasteiger partial charge on any atom is -0.481 e. The number of rotatable bonds is 8. The zero-order chi connectivity index (χ0) is 11.0. The molecule has 0 spiro atoms. The van der Waals surface area contributed by atoms with Crippen molar-refractivity contribution >= 4 is 5.97 Å². The zero-order valence-electron chi connectivity index (χ0n) is 9.21. The second-order valence-corrected chi connectivity index (χ2v) is 3.70. The van der Waals surface area contributed by atoms with E-state index in [4.69, 9.17) is 14.6 Å². The molecule has 0 unspecified atom stereocenters. The van der Waals surface area contributed by atoms with E-state index in [9.17, 15) is 4.79 Å². The van der Waals surface area contributed by atoms with Gasteiger partial charge in [0.25, 0.3) is 0 Å². The Morgan fingerprint density at radius 1 is 1.36 bits per heavy atom. The highest BCUT2D eigenvalue weighted by molar-refractivity contribution is 5.66. The van der Waals surface area contributed by atoms with E-state index >= 15 is 0 Å². The molecule has 0 saturated carbocycles. The fourth-order valence-electron chi connectivity index (χ4n) is 0.949. The number of ether oxygens (including phenoxy) is 2. The molecule has 0 aliphatic heterocycles. The van der Waals surface area contributed by atoms with E-state index in [0.29, 0.717) is 13.2 Å². The Bertz CT molecular complexity index is 166. The average Bonchev–Trinajstić information content (AvgIpc) is 2.03. The first kappa shape index (κ1) is 13.4. The van der Waals surface area contributed by atoms with Crippen LogP contribution in [0.1, 0.15) is 33.6 Å². The molecule has 0 radical (unpaired) electrons. The molecule has 0 bridgehead atoms. The molecular weight excluding hydrogens is 184 g/mol. The van der Waals surface area contributed by atoms with E-state index in [2.05, 4.69) is 0 Å². The summed E-state index contributed by atoms with van der Waals surface area (Å²) in [5, 5.41) is 8.42. The van der Waals surface area contributed by atoms with Crippen molar-refractivity contribution in [3.05, 3.63) is 0 Å². The van der Waals surface area contributed by atoms with Crippen molar-refractivity contribution in [2.75, 3.05) is 19.8 Å². The molecule has 4 heteroatoms. The molecule has 0 aromatic heterocycles. The third-order valence-corrected chi connectivity index (χ3v) is 1.86. The Morgan fingerprint density at radius 2 is 2.00 bits per heavy atom. The summed E-state index contributed by atoms with van der Waals surface area (Å²) in [5.41, 5.74) is -0.301. The van der Waals surface area contributed by atoms with E-state index in [1.165, 1.54) is 0 Å². The van der Waals surface area contributed by atoms with Crippen LogP contribution in [0, 0.1) is 0 Å². The highest BCUT2D eigenvalue weighted by atomic mass is 16.5. The second kappa shape index (κ2) is 6.79. The number of carbonyl (C=O) groups is 1. The summed E-state index contributed by atoms with van der Waals surface area (Å²) < 4.78 is 10.6. The van der Waals surface area contributed by atoms with Crippen molar-refractivity contribution in [2.45, 2.75) is 39.2 Å². The summed E-state index contributed by atoms with van der Waals surface area (Å²) in [6.07, 6.45) is 0.832. The molecule has 1 N–H and O–H groups in total. The molecule has 0 rings (SSSR count). The van der Waals surface area contributed by atoms with E-state index in [1.54, 1.807) is 0 Å². The van der Waals surface area contributed by atoms with E-state index in [-0.39, 0.29) is 18.6 Å². The first-order valence-corrected chi connectivity index (χ1v) is 4.91. The maximum absolute atomic E-state index is 10.2. The summed E-state index contributed by atoms with van der Waals surface area (Å²) in [6.45, 7) is 7.43. The molecule has 0 aromatic rings. The summed E-state index contributed by atoms with van der Waals surface area (Å²) in [7, 11) is 0. The molecule has 0 aromatic carbocycles. The van der Waals surface area contributed by atoms with Gasteiger partial charge >= 0.3 is 5.97 Å². The Hall–Kier alpha value is -0.610. The lowest BCUT2D eigenvalue weighted by atomic mass is 10.1. The van der Waals surface area contributed by atoms with Gasteiger partial charge in [0.1, 0.15) is 0 Å². The number of carboxylic acids is 1. The van der Waals surface area contributed by atoms with Crippen LogP contribution < -0.4 is 0 Å². The van der Waals surface area contributed by atoms with Crippen molar-refractivity contribution < 1.29 is 19.4 Å². The van der Waals surface area contributed by atoms with Crippen LogP contribution in [-0.4, -0.2) is 36.5 Å². The van der Waals surface area contributed by atoms with Crippen LogP contribution in [-0.2, 0) is 14.3 Å². The van der Waals surface area contributed by atoms with Crippen LogP contribution in [0.2, 0.25) is 0 Å². The van der Waals surface area contributed by atoms with Crippen LogP contribution in [0.25, 0.3) is 0 Å². The van der Waals surface area contributed by atoms with E-state index in [1.807, 2.05) is 20.8 Å². The van der Waals surface area contributed by atoms with Gasteiger partial charge in [-0.15, -0.1) is 0 Å². The van der Waals surface area contributed by atoms with Crippen molar-refractivity contribution in [1.29, 1.82) is 0 Å². The minimum absolute atomic E-state index is 0.0536. The lowest BCUT2D eigenvalue weighted by molar-refractivity contribution is -0.139. The van der Waals surface area contributed by atoms with Gasteiger partial charge in [0, 0.05) is 13.2 Å². The first-order valence-electron chi connectivity index (χ1n) is 4.91. The van der Waals surface area contributed by atoms with Crippen molar-refractivity contribution in [1.82, 2.24) is 0 Å². The summed E-state index contributed by atoms with van der Waals surface area (Å²) >= 11 is 0. The quantitative estimate of drug-likeness (QED) is 0.611. The standard InChI is InChI=1S/C10H20O4/c1-4-13-8-6-10(2,3)14-7-5-9(11)12/h4-8H2,1-3H3,(H,11,12). The van der Waals surface area contributed by atoms with Gasteiger partial charge in [-0.3, -0.25) is 4.79 Å². The molecule has 0 heterocycles. The molecule has 0 aliphatic carbocycles. The fraction of sp³-hybridized carbons (Fsp3) is 0.900. The van der Waals surface area contributed by atoms with Crippen LogP contribution in [0.5, 0.6) is 0 Å². The largest absolute Gasteiger partial charge is 0.481 e. The van der Waals surface area contributed by atoms with E-state index < -0.39 is 5.97 Å². The minimum atomic E-state index is -0.828. The Kier molecular flexibility index (Phi) is 6.49. The summed E-state index contributed by atoms with van der Waals surface area (Å²) in [4.78, 5) is 10.2. The van der Waals surface area contributed by atoms with Crippen LogP contribution in [0.15, 0.2) is 0 Å². The number of hydrogen-bond donors (Lipinski definition) is 1. The Labute approximate surface area is 85.2 Å². The van der Waals surface area contributed by atoms with Gasteiger partial charge in [0.15, 0.2) is 0 Å². The first-order chi connectivity index (χ1) is 6.48. The smallest absolute Gasteiger partial charge is 0.305 e. The highest BCUT2D eigenvalue weighted by Gasteiger charge is 2.18. The summed E-state index contributed by atoms with van der Waals surface area (Å²) in [6, 6.07) is 0. The normalized spacial score (nSPS) is 11.6. The number of aliphatic carboxylic acids is 1. The van der Waals surface area contributed by atoms with E-state index in [0.717, 1.165) is 6.42 Å². The van der Waals surface area contributed by atoms with Crippen LogP contribution in [0.4, 0.5) is 0 Å². The van der Waals surface area contributed by atoms with Crippen molar-refractivity contribution in [3.63, 3.8) is 0 Å². The third kappa shape index (κ3) is 8.01. The average molecular weight is 204 g/mol. The molecule has 0 atom stereocenters. The SMILES string of the molecule is CCOCCC(C)(C)OCCC(=O)O. The van der Waals surface area contributed by atoms with Gasteiger partial charge in [-0.2, -0.15) is 0 Å². The molecule has 0 amide bonds. The molecule has 0 saturated heterocycles. The van der Waals surface area contributed by atoms with Crippen molar-refractivity contribution in [2.24, 2.45) is 0 Å². The molecule has 0 aliphatic rings. The lowest BCUT2D eigenvalue weighted by Crippen LogP contribution is -2.27. The van der Waals surface area contributed by atoms with Gasteiger partial charge in [-0.1, -0.05) is 0 Å². The lowest BCUT2D eigenvalue weighted by Gasteiger charge is -2.24. The predicted molar refractivity (Wildman–Crippen MR) is 53.4 cm³/mol. The monoisotopic (exact) mass is 204 g/mol. The predicted octanol–water partition coefficient (Wildman–Crippen LogP) is 1.68. The molecular formula is C10H20O4. The number of hydrogen-bond acceptors (Lipinski definition) is 3. The maximum atomic E-state index is 10.2. The van der Waals surface area contributed by atoms with Gasteiger partial charge in [-0.25, -0.2) is 0 Å². The Balaban J connectivity index is 3.55. The fourth-order valence-corrected chi connectivity index (χ4v) is 0.949. The van der Waals surface area contributed by atoms with Gasteiger partial charge < -0.3 is 14.6 Å². The van der Waals surface area contributed by atoms with Gasteiger partial charge in [0.05, 0.1) is 18.6 Å². The molecule has 14 heavy (non-hydrogen) atoms. The molecule has 84 valence electrons. The zero-order valence-corrected chi connectivity index (χ0v) is 9.21. The summed E-state index contributed by atoms with van der Waals surface area (Å²) in [5.74, 6) is -0.828. The maximum Gasteiger partial charge on any atom is 0.305 e. The number of carboxylic acid groups (broad SMARTS) is 1. The molecule has 4 nitrogen and oxygen atoms in total. The van der Waals surface area contributed by atoms with Crippen LogP contribution >= 0.6 is 0 Å². The topological polar surface area (TPSA) is 55.8 Å². The van der Waals surface area contributed by atoms with Crippen LogP contribution in [0.3, 0.4) is 0 Å². The van der Waals surface area contributed by atoms with Gasteiger partial charge in [0.2, 0.25) is 0 Å². The van der Waals surface area contributed by atoms with Gasteiger partial charge in [-0.05, 0) is 27.2 Å². The molecule has 0 fully saturated rings.